The van der Waals surface area contributed by atoms with Crippen LogP contribution in [0.1, 0.15) is 15.9 Å². The molecule has 112 valence electrons. The van der Waals surface area contributed by atoms with Crippen molar-refractivity contribution in [1.29, 1.82) is 0 Å². The molecule has 5 heteroatoms. The van der Waals surface area contributed by atoms with Gasteiger partial charge in [-0.3, -0.25) is 4.79 Å². The molecule has 2 N–H and O–H groups in total. The molecule has 0 saturated carbocycles. The molecule has 0 fully saturated rings. The molecule has 0 atom stereocenters. The number of fused-ring (bicyclic) bond motifs is 2. The van der Waals surface area contributed by atoms with Crippen molar-refractivity contribution < 1.29 is 14.5 Å². The Morgan fingerprint density at radius 3 is 2.83 bits per heavy atom. The molecule has 0 aliphatic carbocycles. The molecule has 0 aromatic heterocycles. The Bertz CT molecular complexity index is 904. The molecule has 1 aliphatic heterocycles. The van der Waals surface area contributed by atoms with E-state index in [0.29, 0.717) is 23.3 Å². The number of carbonyl (C=O) groups excluding carboxylic acids is 1. The summed E-state index contributed by atoms with van der Waals surface area (Å²) >= 11 is 0. The Morgan fingerprint density at radius 1 is 1.09 bits per heavy atom. The number of benzene rings is 3. The van der Waals surface area contributed by atoms with Crippen LogP contribution in [0.15, 0.2) is 60.7 Å². The van der Waals surface area contributed by atoms with Gasteiger partial charge in [-0.2, -0.15) is 0 Å². The van der Waals surface area contributed by atoms with Gasteiger partial charge in [0.05, 0.1) is 6.61 Å². The molecule has 1 heterocycles. The van der Waals surface area contributed by atoms with Crippen molar-refractivity contribution in [1.82, 2.24) is 0 Å². The SMILES string of the molecule is O=C(Nc1ccc2c(c1)B(O)OC2)c1cccc2ccccc12. The van der Waals surface area contributed by atoms with Gasteiger partial charge in [0.2, 0.25) is 0 Å². The van der Waals surface area contributed by atoms with Crippen LogP contribution in [0, 0.1) is 0 Å². The first-order valence-electron chi connectivity index (χ1n) is 7.44. The highest BCUT2D eigenvalue weighted by Gasteiger charge is 2.27. The number of carbonyl (C=O) groups is 1. The van der Waals surface area contributed by atoms with E-state index in [2.05, 4.69) is 5.32 Å². The molecule has 0 unspecified atom stereocenters. The van der Waals surface area contributed by atoms with Gasteiger partial charge in [-0.25, -0.2) is 0 Å². The van der Waals surface area contributed by atoms with Crippen molar-refractivity contribution in [2.45, 2.75) is 6.61 Å². The maximum Gasteiger partial charge on any atom is 0.491 e. The monoisotopic (exact) mass is 303 g/mol. The summed E-state index contributed by atoms with van der Waals surface area (Å²) in [5.41, 5.74) is 2.92. The largest absolute Gasteiger partial charge is 0.491 e. The first kappa shape index (κ1) is 14.0. The lowest BCUT2D eigenvalue weighted by atomic mass is 9.79. The first-order valence-corrected chi connectivity index (χ1v) is 7.44. The Kier molecular flexibility index (Phi) is 3.37. The van der Waals surface area contributed by atoms with Gasteiger partial charge in [-0.15, -0.1) is 0 Å². The molecular weight excluding hydrogens is 289 g/mol. The Morgan fingerprint density at radius 2 is 1.91 bits per heavy atom. The molecule has 0 bridgehead atoms. The van der Waals surface area contributed by atoms with Crippen molar-refractivity contribution in [3.8, 4) is 0 Å². The average molecular weight is 303 g/mol. The lowest BCUT2D eigenvalue weighted by molar-refractivity contribution is 0.102. The smallest absolute Gasteiger partial charge is 0.423 e. The Balaban J connectivity index is 1.66. The highest BCUT2D eigenvalue weighted by molar-refractivity contribution is 6.61. The Labute approximate surface area is 133 Å². The number of anilines is 1. The van der Waals surface area contributed by atoms with E-state index in [9.17, 15) is 9.82 Å². The topological polar surface area (TPSA) is 58.6 Å². The highest BCUT2D eigenvalue weighted by Crippen LogP contribution is 2.20. The summed E-state index contributed by atoms with van der Waals surface area (Å²) in [6, 6.07) is 18.9. The van der Waals surface area contributed by atoms with E-state index in [1.807, 2.05) is 54.6 Å². The van der Waals surface area contributed by atoms with E-state index < -0.39 is 7.12 Å². The number of hydrogen-bond donors (Lipinski definition) is 2. The van der Waals surface area contributed by atoms with Crippen molar-refractivity contribution in [3.63, 3.8) is 0 Å². The van der Waals surface area contributed by atoms with Gasteiger partial charge in [-0.1, -0.05) is 42.5 Å². The third-order valence-electron chi connectivity index (χ3n) is 4.10. The van der Waals surface area contributed by atoms with E-state index in [4.69, 9.17) is 4.65 Å². The van der Waals surface area contributed by atoms with Crippen LogP contribution in [-0.2, 0) is 11.3 Å². The standard InChI is InChI=1S/C18H14BNO3/c21-18(16-7-3-5-12-4-1-2-6-15(12)16)20-14-9-8-13-11-23-19(22)17(13)10-14/h1-10,22H,11H2,(H,20,21). The van der Waals surface area contributed by atoms with Crippen LogP contribution in [0.3, 0.4) is 0 Å². The fourth-order valence-corrected chi connectivity index (χ4v) is 2.91. The molecular formula is C18H14BNO3. The number of nitrogens with one attached hydrogen (secondary N) is 1. The minimum atomic E-state index is -0.917. The van der Waals surface area contributed by atoms with Gasteiger partial charge in [0, 0.05) is 11.3 Å². The minimum Gasteiger partial charge on any atom is -0.423 e. The van der Waals surface area contributed by atoms with Crippen LogP contribution < -0.4 is 10.8 Å². The molecule has 0 radical (unpaired) electrons. The summed E-state index contributed by atoms with van der Waals surface area (Å²) < 4.78 is 5.17. The molecule has 23 heavy (non-hydrogen) atoms. The van der Waals surface area contributed by atoms with Crippen molar-refractivity contribution >= 4 is 34.9 Å². The third kappa shape index (κ3) is 2.50. The van der Waals surface area contributed by atoms with Crippen molar-refractivity contribution in [3.05, 3.63) is 71.8 Å². The second-order valence-corrected chi connectivity index (χ2v) is 5.56. The molecule has 3 aromatic rings. The second kappa shape index (κ2) is 5.54. The first-order chi connectivity index (χ1) is 11.2. The number of hydrogen-bond acceptors (Lipinski definition) is 3. The zero-order chi connectivity index (χ0) is 15.8. The zero-order valence-corrected chi connectivity index (χ0v) is 12.3. The minimum absolute atomic E-state index is 0.171. The van der Waals surface area contributed by atoms with E-state index in [-0.39, 0.29) is 5.91 Å². The predicted octanol–water partition coefficient (Wildman–Crippen LogP) is 2.31. The molecule has 3 aromatic carbocycles. The van der Waals surface area contributed by atoms with E-state index in [1.165, 1.54) is 0 Å². The van der Waals surface area contributed by atoms with E-state index in [0.717, 1.165) is 16.3 Å². The molecule has 4 rings (SSSR count). The van der Waals surface area contributed by atoms with Crippen LogP contribution in [-0.4, -0.2) is 18.0 Å². The van der Waals surface area contributed by atoms with Gasteiger partial charge in [0.25, 0.3) is 5.91 Å². The van der Waals surface area contributed by atoms with Crippen LogP contribution in [0.5, 0.6) is 0 Å². The summed E-state index contributed by atoms with van der Waals surface area (Å²) in [6.07, 6.45) is 0. The Hall–Kier alpha value is -2.63. The van der Waals surface area contributed by atoms with Gasteiger partial charge >= 0.3 is 7.12 Å². The summed E-state index contributed by atoms with van der Waals surface area (Å²) in [6.45, 7) is 0.397. The summed E-state index contributed by atoms with van der Waals surface area (Å²) in [5.74, 6) is -0.171. The quantitative estimate of drug-likeness (QED) is 0.714. The number of rotatable bonds is 2. The van der Waals surface area contributed by atoms with E-state index >= 15 is 0 Å². The van der Waals surface area contributed by atoms with E-state index in [1.54, 1.807) is 6.07 Å². The summed E-state index contributed by atoms with van der Waals surface area (Å²) in [7, 11) is -0.917. The lowest BCUT2D eigenvalue weighted by Gasteiger charge is -2.09. The maximum atomic E-state index is 12.6. The predicted molar refractivity (Wildman–Crippen MR) is 90.7 cm³/mol. The molecule has 4 nitrogen and oxygen atoms in total. The molecule has 0 saturated heterocycles. The van der Waals surface area contributed by atoms with Gasteiger partial charge < -0.3 is 15.0 Å². The molecule has 1 aliphatic rings. The fraction of sp³-hybridized carbons (Fsp3) is 0.0556. The number of amides is 1. The average Bonchev–Trinajstić information content (AvgIpc) is 2.95. The highest BCUT2D eigenvalue weighted by atomic mass is 16.5. The van der Waals surface area contributed by atoms with Crippen LogP contribution >= 0.6 is 0 Å². The van der Waals surface area contributed by atoms with Crippen LogP contribution in [0.2, 0.25) is 0 Å². The van der Waals surface area contributed by atoms with Crippen LogP contribution in [0.4, 0.5) is 5.69 Å². The summed E-state index contributed by atoms with van der Waals surface area (Å²) in [5, 5.41) is 14.6. The van der Waals surface area contributed by atoms with Gasteiger partial charge in [0.15, 0.2) is 0 Å². The normalized spacial score (nSPS) is 13.2. The van der Waals surface area contributed by atoms with Gasteiger partial charge in [0.1, 0.15) is 0 Å². The molecule has 1 amide bonds. The van der Waals surface area contributed by atoms with Crippen molar-refractivity contribution in [2.24, 2.45) is 0 Å². The second-order valence-electron chi connectivity index (χ2n) is 5.56. The third-order valence-corrected chi connectivity index (χ3v) is 4.10. The van der Waals surface area contributed by atoms with Crippen molar-refractivity contribution in [2.75, 3.05) is 5.32 Å². The zero-order valence-electron chi connectivity index (χ0n) is 12.3. The fourth-order valence-electron chi connectivity index (χ4n) is 2.91. The maximum absolute atomic E-state index is 12.6. The summed E-state index contributed by atoms with van der Waals surface area (Å²) in [4.78, 5) is 12.6. The van der Waals surface area contributed by atoms with Crippen LogP contribution in [0.25, 0.3) is 10.8 Å². The van der Waals surface area contributed by atoms with Gasteiger partial charge in [-0.05, 0) is 40.0 Å². The molecule has 0 spiro atoms. The lowest BCUT2D eigenvalue weighted by Crippen LogP contribution is -2.28.